The van der Waals surface area contributed by atoms with Gasteiger partial charge in [0.2, 0.25) is 29.7 Å². The molecule has 13 heterocycles. The van der Waals surface area contributed by atoms with Crippen molar-refractivity contribution < 1.29 is 43.9 Å². The van der Waals surface area contributed by atoms with Crippen molar-refractivity contribution in [3.8, 4) is 11.1 Å². The van der Waals surface area contributed by atoms with E-state index in [0.717, 1.165) is 181 Å². The highest BCUT2D eigenvalue weighted by Crippen LogP contribution is 2.47. The average molecular weight is 1440 g/mol. The van der Waals surface area contributed by atoms with Crippen LogP contribution in [0.3, 0.4) is 0 Å². The van der Waals surface area contributed by atoms with Gasteiger partial charge in [-0.1, -0.05) is 18.7 Å². The first kappa shape index (κ1) is 73.8. The minimum atomic E-state index is -0.249. The number of nitrogens with zero attached hydrogens (tertiary/aromatic N) is 15. The van der Waals surface area contributed by atoms with Crippen molar-refractivity contribution in [2.75, 3.05) is 97.0 Å². The van der Waals surface area contributed by atoms with Gasteiger partial charge in [-0.15, -0.1) is 15.3 Å². The van der Waals surface area contributed by atoms with Gasteiger partial charge in [0.1, 0.15) is 6.04 Å². The molecule has 0 radical (unpaired) electrons. The molecule has 7 aromatic heterocycles. The van der Waals surface area contributed by atoms with Gasteiger partial charge >= 0.3 is 0 Å². The van der Waals surface area contributed by atoms with Gasteiger partial charge in [-0.25, -0.2) is 28.5 Å². The maximum atomic E-state index is 12.5. The molecule has 105 heavy (non-hydrogen) atoms. The highest BCUT2D eigenvalue weighted by molar-refractivity contribution is 5.85. The summed E-state index contributed by atoms with van der Waals surface area (Å²) < 4.78 is 29.3. The molecule has 4 saturated heterocycles. The number of fused-ring (bicyclic) bond motifs is 7. The molecule has 9 aliphatic rings. The fourth-order valence-electron chi connectivity index (χ4n) is 18.1. The lowest BCUT2D eigenvalue weighted by atomic mass is 9.85. The Hall–Kier alpha value is -8.05. The summed E-state index contributed by atoms with van der Waals surface area (Å²) >= 11 is 0. The standard InChI is InChI=1S/C29H42N6O3.C25H35N5O3.C24H33N7O3/c1-19(18-37-3)31-29-30-17-28-26(16-27(35(28)32-29)21-4-8-25(36)9-5-21)22-14-23-6-7-24(15-22)34(23)20(2)33-10-12-38-13-11-33;1-15(14-33-3)27-25-26-13-24-22(18-10-19-6-7-20(11-18)29(19)16(2)31)12-23(30(24)28-25)17-4-8-21(32)9-5-17;1-15(14-34-3)27-24-25-12-22-19(10-21(31(22)28-24)16-4-6-18(32)7-5-16)17-11-26-30(13-17)20-8-9-29(2)23(20)33/h14,16-17,19,21,23-25,36H,2,4-13,15,18H2,1,3H3,(H,31,32);10,12-13,15,17,19-21,32H,4-9,11,14H2,1-3H3,(H,27,28);10-13,15-16,18,20,32H,4-9,14H2,1-3H3,(H,27,28)/t19-,21?,23+,24-,25?;15-,17?,19+,20-,21?;15-,16?,18?,20-/m000/s1. The van der Waals surface area contributed by atoms with E-state index in [1.54, 1.807) is 37.8 Å². The van der Waals surface area contributed by atoms with Crippen LogP contribution in [-0.2, 0) is 28.5 Å². The number of methoxy groups -OCH3 is 3. The van der Waals surface area contributed by atoms with Crippen molar-refractivity contribution in [3.05, 3.63) is 102 Å². The number of hydrogen-bond acceptors (Lipinski definition) is 21. The number of likely N-dealkylation sites (tertiary alicyclic amines) is 1. The zero-order chi connectivity index (χ0) is 73.2. The van der Waals surface area contributed by atoms with Gasteiger partial charge in [-0.05, 0) is 172 Å². The van der Waals surface area contributed by atoms with Crippen molar-refractivity contribution in [3.63, 3.8) is 0 Å². The van der Waals surface area contributed by atoms with E-state index in [-0.39, 0.29) is 66.4 Å². The van der Waals surface area contributed by atoms with Gasteiger partial charge in [0, 0.05) is 154 Å². The highest BCUT2D eigenvalue weighted by Gasteiger charge is 2.42. The van der Waals surface area contributed by atoms with Crippen LogP contribution in [0.25, 0.3) is 38.8 Å². The van der Waals surface area contributed by atoms with Gasteiger partial charge < -0.3 is 69.8 Å². The Morgan fingerprint density at radius 1 is 0.562 bits per heavy atom. The maximum Gasteiger partial charge on any atom is 0.247 e. The van der Waals surface area contributed by atoms with E-state index in [9.17, 15) is 24.9 Å². The monoisotopic (exact) mass is 1440 g/mol. The fourth-order valence-corrected chi connectivity index (χ4v) is 18.1. The number of nitrogens with one attached hydrogen (secondary N) is 3. The molecule has 2 amide bonds. The van der Waals surface area contributed by atoms with Crippen molar-refractivity contribution in [2.45, 2.75) is 234 Å². The number of rotatable bonds is 21. The Morgan fingerprint density at radius 3 is 1.36 bits per heavy atom. The summed E-state index contributed by atoms with van der Waals surface area (Å²) in [6.45, 7) is 18.2. The smallest absolute Gasteiger partial charge is 0.247 e. The van der Waals surface area contributed by atoms with Crippen LogP contribution in [0.15, 0.2) is 73.7 Å². The Bertz CT molecular complexity index is 4250. The number of aliphatic hydroxyl groups excluding tert-OH is 3. The lowest BCUT2D eigenvalue weighted by Crippen LogP contribution is -2.46. The Morgan fingerprint density at radius 2 is 0.971 bits per heavy atom. The van der Waals surface area contributed by atoms with Crippen molar-refractivity contribution in [1.29, 1.82) is 0 Å². The lowest BCUT2D eigenvalue weighted by Gasteiger charge is -2.43. The molecule has 7 fully saturated rings. The Balaban J connectivity index is 0.000000133. The molecule has 4 bridgehead atoms. The summed E-state index contributed by atoms with van der Waals surface area (Å²) in [7, 11) is 6.90. The molecular formula is C78H110N18O9. The van der Waals surface area contributed by atoms with Crippen LogP contribution in [-0.4, -0.2) is 242 Å². The van der Waals surface area contributed by atoms with Gasteiger partial charge in [-0.2, -0.15) is 5.10 Å². The third-order valence-corrected chi connectivity index (χ3v) is 23.5. The minimum Gasteiger partial charge on any atom is -0.393 e. The predicted octanol–water partition coefficient (Wildman–Crippen LogP) is 9.44. The quantitative estimate of drug-likeness (QED) is 0.0390. The number of amides is 2. The van der Waals surface area contributed by atoms with Crippen LogP contribution in [0.4, 0.5) is 17.8 Å². The van der Waals surface area contributed by atoms with E-state index in [2.05, 4.69) is 98.6 Å². The van der Waals surface area contributed by atoms with E-state index in [4.69, 9.17) is 39.2 Å². The molecule has 27 heteroatoms. The van der Waals surface area contributed by atoms with E-state index in [0.29, 0.717) is 67.5 Å². The molecule has 0 aromatic carbocycles. The van der Waals surface area contributed by atoms with Crippen LogP contribution >= 0.6 is 0 Å². The molecule has 0 spiro atoms. The van der Waals surface area contributed by atoms with Crippen molar-refractivity contribution >= 4 is 57.4 Å². The topological polar surface area (TPSA) is 289 Å². The Labute approximate surface area is 615 Å². The molecule has 6 aliphatic heterocycles. The summed E-state index contributed by atoms with van der Waals surface area (Å²) in [5.74, 6) is 4.24. The predicted molar refractivity (Wildman–Crippen MR) is 403 cm³/mol. The molecule has 27 nitrogen and oxygen atoms in total. The second kappa shape index (κ2) is 32.6. The lowest BCUT2D eigenvalue weighted by molar-refractivity contribution is -0.131. The van der Waals surface area contributed by atoms with E-state index >= 15 is 0 Å². The number of anilines is 3. The second-order valence-electron chi connectivity index (χ2n) is 31.1. The van der Waals surface area contributed by atoms with E-state index in [1.807, 2.05) is 56.4 Å². The first-order valence-corrected chi connectivity index (χ1v) is 38.7. The number of likely N-dealkylation sites (N-methyl/N-ethyl adjacent to an activating group) is 1. The maximum absolute atomic E-state index is 12.5. The zero-order valence-corrected chi connectivity index (χ0v) is 62.7. The minimum absolute atomic E-state index is 0.0751. The van der Waals surface area contributed by atoms with Crippen molar-refractivity contribution in [1.82, 2.24) is 73.2 Å². The van der Waals surface area contributed by atoms with Gasteiger partial charge in [-0.3, -0.25) is 14.3 Å². The second-order valence-corrected chi connectivity index (χ2v) is 31.1. The highest BCUT2D eigenvalue weighted by atomic mass is 16.5. The number of aliphatic hydroxyl groups is 3. The SMILES string of the molecule is C=C(N1CCOCC1)N1[C@H]2CC[C@@H]1C=C(c1cc(C3CCC(O)CC3)n3nc(N[C@@H](C)COC)ncc13)C2.COC[C@H](C)Nc1ncc2c(-c3cnn([C@H]4CCN(C)C4=O)c3)cc(C3CCC(O)CC3)n2n1.COC[C@H](C)Nc1ncc2c(C3=C[C@H]4CC[C@@H](C3)N4C(C)=O)cc(C3CCC(O)CC3)n2n1. The summed E-state index contributed by atoms with van der Waals surface area (Å²) in [4.78, 5) is 47.3. The number of aromatic nitrogens is 11. The van der Waals surface area contributed by atoms with Gasteiger partial charge in [0.15, 0.2) is 0 Å². The van der Waals surface area contributed by atoms with Crippen LogP contribution in [0, 0.1) is 0 Å². The number of carbonyl (C=O) groups is 2. The third kappa shape index (κ3) is 16.0. The number of morpholine rings is 1. The first-order chi connectivity index (χ1) is 50.9. The summed E-state index contributed by atoms with van der Waals surface area (Å²) in [6, 6.07) is 8.20. The number of carbonyl (C=O) groups excluding carboxylic acids is 2. The normalized spacial score (nSPS) is 27.0. The molecule has 3 aliphatic carbocycles. The third-order valence-electron chi connectivity index (χ3n) is 23.5. The van der Waals surface area contributed by atoms with Crippen LogP contribution in [0.2, 0.25) is 0 Å². The largest absolute Gasteiger partial charge is 0.393 e. The molecule has 6 N–H and O–H groups in total. The van der Waals surface area contributed by atoms with Crippen LogP contribution < -0.4 is 16.0 Å². The van der Waals surface area contributed by atoms with E-state index < -0.39 is 0 Å². The van der Waals surface area contributed by atoms with Crippen molar-refractivity contribution in [2.24, 2.45) is 0 Å². The average Bonchev–Trinajstić information content (AvgIpc) is 1.64. The van der Waals surface area contributed by atoms with Gasteiger partial charge in [0.25, 0.3) is 0 Å². The number of hydrogen-bond donors (Lipinski definition) is 6. The van der Waals surface area contributed by atoms with Gasteiger partial charge in [0.05, 0.1) is 105 Å². The molecule has 7 aromatic rings. The molecule has 8 atom stereocenters. The number of ether oxygens (including phenoxy) is 4. The molecule has 566 valence electrons. The van der Waals surface area contributed by atoms with Crippen LogP contribution in [0.1, 0.15) is 202 Å². The summed E-state index contributed by atoms with van der Waals surface area (Å²) in [5.41, 5.74) is 13.6. The molecular weight excluding hydrogens is 1330 g/mol. The molecule has 3 saturated carbocycles. The molecule has 16 rings (SSSR count). The first-order valence-electron chi connectivity index (χ1n) is 38.7. The molecule has 0 unspecified atom stereocenters. The van der Waals surface area contributed by atoms with Crippen LogP contribution in [0.5, 0.6) is 0 Å². The summed E-state index contributed by atoms with van der Waals surface area (Å²) in [6.07, 6.45) is 31.5. The zero-order valence-electron chi connectivity index (χ0n) is 62.7. The Kier molecular flexibility index (Phi) is 22.9. The summed E-state index contributed by atoms with van der Waals surface area (Å²) in [5, 5.41) is 59.4. The fraction of sp³-hybridized carbons (Fsp3) is 0.628. The van der Waals surface area contributed by atoms with E-state index in [1.165, 1.54) is 46.5 Å².